The molecule has 3 aliphatic carbocycles. The van der Waals surface area contributed by atoms with E-state index in [9.17, 15) is 24.6 Å². The Hall–Kier alpha value is -4.79. The Kier molecular flexibility index (Phi) is 11.1. The van der Waals surface area contributed by atoms with Gasteiger partial charge in [-0.05, 0) is 71.8 Å². The molecule has 2 fully saturated rings. The van der Waals surface area contributed by atoms with E-state index in [1.54, 1.807) is 0 Å². The molecule has 270 valence electrons. The average Bonchev–Trinajstić information content (AvgIpc) is 3.88. The van der Waals surface area contributed by atoms with Crippen LogP contribution in [-0.4, -0.2) is 51.6 Å². The first-order chi connectivity index (χ1) is 25.3. The van der Waals surface area contributed by atoms with E-state index in [2.05, 4.69) is 10.6 Å². The van der Waals surface area contributed by atoms with Gasteiger partial charge in [-0.15, -0.1) is 0 Å². The molecule has 4 N–H and O–H groups in total. The fourth-order valence-electron chi connectivity index (χ4n) is 9.00. The molecule has 0 saturated heterocycles. The molecular formula is C44H49N3O5. The van der Waals surface area contributed by atoms with Crippen LogP contribution in [0.5, 0.6) is 0 Å². The molecule has 0 heterocycles. The zero-order valence-electron chi connectivity index (χ0n) is 29.5. The second kappa shape index (κ2) is 16.3. The van der Waals surface area contributed by atoms with Crippen LogP contribution in [0, 0.1) is 29.6 Å². The molecule has 8 nitrogen and oxygen atoms in total. The van der Waals surface area contributed by atoms with E-state index in [-0.39, 0.29) is 42.5 Å². The molecule has 2 saturated carbocycles. The van der Waals surface area contributed by atoms with Gasteiger partial charge in [0.05, 0.1) is 30.1 Å². The number of fused-ring (bicyclic) bond motifs is 3. The zero-order chi connectivity index (χ0) is 36.0. The highest BCUT2D eigenvalue weighted by molar-refractivity contribution is 5.89. The van der Waals surface area contributed by atoms with Crippen molar-refractivity contribution >= 4 is 17.7 Å². The molecule has 0 spiro atoms. The lowest BCUT2D eigenvalue weighted by Gasteiger charge is -2.34. The molecule has 8 atom stereocenters. The smallest absolute Gasteiger partial charge is 0.227 e. The van der Waals surface area contributed by atoms with Gasteiger partial charge >= 0.3 is 0 Å². The summed E-state index contributed by atoms with van der Waals surface area (Å²) in [6.07, 6.45) is 2.02. The van der Waals surface area contributed by atoms with Crippen molar-refractivity contribution in [3.63, 3.8) is 0 Å². The molecule has 4 aromatic rings. The quantitative estimate of drug-likeness (QED) is 0.141. The van der Waals surface area contributed by atoms with Crippen LogP contribution >= 0.6 is 0 Å². The lowest BCUT2D eigenvalue weighted by atomic mass is 9.77. The summed E-state index contributed by atoms with van der Waals surface area (Å²) in [4.78, 5) is 44.2. The third-order valence-electron chi connectivity index (χ3n) is 11.5. The highest BCUT2D eigenvalue weighted by Gasteiger charge is 2.54. The summed E-state index contributed by atoms with van der Waals surface area (Å²) in [5.41, 5.74) is 4.98. The standard InChI is InChI=1S/C44H49N3O5/c48-36(24-35(22-29-12-4-1-5-13-29)42(50)46-41-37-19-11-10-18-32(37)25-38(41)49)26-45-43(51)39-33-20-21-34(23-33)40(39)44(52)47(27-30-14-6-2-7-15-30)28-31-16-8-3-9-17-31/h1-19,33-36,38-41,48-49H,20-28H2,(H,45,51)(H,46,50)/t33-,34+,35-,36-,38+,39+,40+,41?/m0/s1. The van der Waals surface area contributed by atoms with Crippen molar-refractivity contribution in [3.8, 4) is 0 Å². The van der Waals surface area contributed by atoms with Gasteiger partial charge in [-0.3, -0.25) is 14.4 Å². The van der Waals surface area contributed by atoms with E-state index in [1.807, 2.05) is 120 Å². The van der Waals surface area contributed by atoms with Crippen molar-refractivity contribution in [2.24, 2.45) is 29.6 Å². The number of nitrogens with one attached hydrogen (secondary N) is 2. The van der Waals surface area contributed by atoms with Gasteiger partial charge in [-0.1, -0.05) is 115 Å². The summed E-state index contributed by atoms with van der Waals surface area (Å²) in [6, 6.07) is 36.8. The van der Waals surface area contributed by atoms with Crippen molar-refractivity contribution in [2.45, 2.75) is 69.9 Å². The summed E-state index contributed by atoms with van der Waals surface area (Å²) < 4.78 is 0. The number of aliphatic hydroxyl groups is 2. The molecule has 2 bridgehead atoms. The van der Waals surface area contributed by atoms with Crippen LogP contribution in [0.1, 0.15) is 59.5 Å². The lowest BCUT2D eigenvalue weighted by molar-refractivity contribution is -0.145. The predicted molar refractivity (Wildman–Crippen MR) is 199 cm³/mol. The number of carbonyl (C=O) groups excluding carboxylic acids is 3. The van der Waals surface area contributed by atoms with Gasteiger partial charge in [-0.2, -0.15) is 0 Å². The molecule has 4 aromatic carbocycles. The minimum Gasteiger partial charge on any atom is -0.391 e. The van der Waals surface area contributed by atoms with Gasteiger partial charge < -0.3 is 25.7 Å². The summed E-state index contributed by atoms with van der Waals surface area (Å²) in [6.45, 7) is 0.909. The van der Waals surface area contributed by atoms with Crippen molar-refractivity contribution in [1.29, 1.82) is 0 Å². The zero-order valence-corrected chi connectivity index (χ0v) is 29.5. The van der Waals surface area contributed by atoms with Crippen LogP contribution < -0.4 is 10.6 Å². The van der Waals surface area contributed by atoms with Crippen molar-refractivity contribution in [3.05, 3.63) is 143 Å². The fraction of sp³-hybridized carbons (Fsp3) is 0.386. The maximum atomic E-state index is 14.5. The van der Waals surface area contributed by atoms with Gasteiger partial charge in [0.15, 0.2) is 0 Å². The monoisotopic (exact) mass is 699 g/mol. The van der Waals surface area contributed by atoms with E-state index < -0.39 is 36.0 Å². The van der Waals surface area contributed by atoms with Crippen LogP contribution in [0.15, 0.2) is 115 Å². The Bertz CT molecular complexity index is 1780. The molecule has 52 heavy (non-hydrogen) atoms. The Morgan fingerprint density at radius 3 is 1.92 bits per heavy atom. The largest absolute Gasteiger partial charge is 0.391 e. The number of rotatable bonds is 14. The highest BCUT2D eigenvalue weighted by atomic mass is 16.3. The Labute approximate surface area is 306 Å². The van der Waals surface area contributed by atoms with Gasteiger partial charge in [0, 0.05) is 32.0 Å². The first-order valence-electron chi connectivity index (χ1n) is 18.8. The summed E-state index contributed by atoms with van der Waals surface area (Å²) in [5.74, 6) is -1.61. The van der Waals surface area contributed by atoms with Gasteiger partial charge in [0.2, 0.25) is 17.7 Å². The minimum absolute atomic E-state index is 0.0101. The first-order valence-corrected chi connectivity index (χ1v) is 18.8. The van der Waals surface area contributed by atoms with Crippen molar-refractivity contribution in [1.82, 2.24) is 15.5 Å². The molecule has 3 amide bonds. The molecule has 0 aromatic heterocycles. The lowest BCUT2D eigenvalue weighted by Crippen LogP contribution is -2.47. The highest BCUT2D eigenvalue weighted by Crippen LogP contribution is 2.53. The topological polar surface area (TPSA) is 119 Å². The number of amides is 3. The number of carbonyl (C=O) groups is 3. The van der Waals surface area contributed by atoms with Gasteiger partial charge in [-0.25, -0.2) is 0 Å². The van der Waals surface area contributed by atoms with Gasteiger partial charge in [0.1, 0.15) is 0 Å². The summed E-state index contributed by atoms with van der Waals surface area (Å²) >= 11 is 0. The molecule has 7 rings (SSSR count). The van der Waals surface area contributed by atoms with Gasteiger partial charge in [0.25, 0.3) is 0 Å². The van der Waals surface area contributed by atoms with Crippen LogP contribution in [0.2, 0.25) is 0 Å². The average molecular weight is 700 g/mol. The third-order valence-corrected chi connectivity index (χ3v) is 11.5. The molecule has 8 heteroatoms. The van der Waals surface area contributed by atoms with E-state index >= 15 is 0 Å². The summed E-state index contributed by atoms with van der Waals surface area (Å²) in [7, 11) is 0. The van der Waals surface area contributed by atoms with Crippen LogP contribution in [0.4, 0.5) is 0 Å². The maximum Gasteiger partial charge on any atom is 0.227 e. The molecular weight excluding hydrogens is 650 g/mol. The predicted octanol–water partition coefficient (Wildman–Crippen LogP) is 5.38. The van der Waals surface area contributed by atoms with E-state index in [4.69, 9.17) is 0 Å². The molecule has 0 aliphatic heterocycles. The number of benzene rings is 4. The number of aliphatic hydroxyl groups excluding tert-OH is 2. The molecule has 1 unspecified atom stereocenters. The normalized spacial score (nSPS) is 24.1. The summed E-state index contributed by atoms with van der Waals surface area (Å²) in [5, 5.41) is 28.2. The Balaban J connectivity index is 1.02. The molecule has 0 radical (unpaired) electrons. The van der Waals surface area contributed by atoms with E-state index in [1.165, 1.54) is 0 Å². The maximum absolute atomic E-state index is 14.5. The number of hydrogen-bond acceptors (Lipinski definition) is 5. The number of hydrogen-bond donors (Lipinski definition) is 4. The molecule has 3 aliphatic rings. The van der Waals surface area contributed by atoms with Crippen molar-refractivity contribution < 1.29 is 24.6 Å². The van der Waals surface area contributed by atoms with Crippen LogP contribution in [-0.2, 0) is 40.3 Å². The second-order valence-electron chi connectivity index (χ2n) is 15.0. The second-order valence-corrected chi connectivity index (χ2v) is 15.0. The fourth-order valence-corrected chi connectivity index (χ4v) is 9.00. The van der Waals surface area contributed by atoms with E-state index in [0.29, 0.717) is 25.9 Å². The Morgan fingerprint density at radius 2 is 1.29 bits per heavy atom. The number of nitrogens with zero attached hydrogens (tertiary/aromatic N) is 1. The Morgan fingerprint density at radius 1 is 0.731 bits per heavy atom. The van der Waals surface area contributed by atoms with Crippen LogP contribution in [0.3, 0.4) is 0 Å². The van der Waals surface area contributed by atoms with E-state index in [0.717, 1.165) is 47.1 Å². The van der Waals surface area contributed by atoms with Crippen molar-refractivity contribution in [2.75, 3.05) is 6.54 Å². The minimum atomic E-state index is -0.982. The first kappa shape index (κ1) is 35.6. The van der Waals surface area contributed by atoms with Crippen LogP contribution in [0.25, 0.3) is 0 Å². The SMILES string of the molecule is O=C(NC1c2ccccc2C[C@H]1O)[C@@H](Cc1ccccc1)C[C@H](O)CNC(=O)[C@@H]1[C@H]2CC[C@H](C2)[C@H]1C(=O)N(Cc1ccccc1)Cc1ccccc1. The third kappa shape index (κ3) is 8.14.